The summed E-state index contributed by atoms with van der Waals surface area (Å²) in [5, 5.41) is 0. The zero-order chi connectivity index (χ0) is 27.7. The molecule has 0 aliphatic carbocycles. The van der Waals surface area contributed by atoms with E-state index in [-0.39, 0.29) is 0 Å². The number of anilines is 1. The van der Waals surface area contributed by atoms with E-state index >= 15 is 0 Å². The second-order valence-electron chi connectivity index (χ2n) is 9.35. The lowest BCUT2D eigenvalue weighted by Gasteiger charge is -2.24. The average Bonchev–Trinajstić information content (AvgIpc) is 3.05. The monoisotopic (exact) mass is 533 g/mol. The van der Waals surface area contributed by atoms with E-state index < -0.39 is 0 Å². The van der Waals surface area contributed by atoms with Crippen molar-refractivity contribution >= 4 is 17.8 Å². The molecule has 6 rings (SSSR count). The van der Waals surface area contributed by atoms with Crippen LogP contribution in [0.1, 0.15) is 22.6 Å². The second-order valence-corrected chi connectivity index (χ2v) is 9.35. The smallest absolute Gasteiger partial charge is 0.179 e. The third-order valence-corrected chi connectivity index (χ3v) is 6.43. The lowest BCUT2D eigenvalue weighted by Crippen LogP contribution is -2.23. The summed E-state index contributed by atoms with van der Waals surface area (Å²) in [6, 6.07) is 33.9. The minimum atomic E-state index is 0.559. The number of hydrogen-bond acceptors (Lipinski definition) is 7. The molecule has 7 nitrogen and oxygen atoms in total. The Bertz CT molecular complexity index is 1610. The molecule has 198 valence electrons. The fourth-order valence-electron chi connectivity index (χ4n) is 4.40. The van der Waals surface area contributed by atoms with Crippen LogP contribution in [0.25, 0.3) is 35.1 Å². The molecule has 0 atom stereocenters. The second kappa shape index (κ2) is 12.5. The third-order valence-electron chi connectivity index (χ3n) is 6.43. The van der Waals surface area contributed by atoms with Crippen molar-refractivity contribution < 1.29 is 0 Å². The van der Waals surface area contributed by atoms with Gasteiger partial charge in [0, 0.05) is 30.5 Å². The maximum absolute atomic E-state index is 4.77. The molecule has 1 aromatic carbocycles. The summed E-state index contributed by atoms with van der Waals surface area (Å²) in [5.41, 5.74) is 7.18. The summed E-state index contributed by atoms with van der Waals surface area (Å²) in [6.07, 6.45) is 11.2. The average molecular weight is 534 g/mol. The van der Waals surface area contributed by atoms with E-state index in [4.69, 9.17) is 9.97 Å². The Hall–Kier alpha value is -5.56. The van der Waals surface area contributed by atoms with Crippen LogP contribution in [-0.4, -0.2) is 29.9 Å². The van der Waals surface area contributed by atoms with Crippen LogP contribution in [0.4, 0.5) is 5.69 Å². The fourth-order valence-corrected chi connectivity index (χ4v) is 4.40. The maximum Gasteiger partial charge on any atom is 0.179 e. The van der Waals surface area contributed by atoms with Crippen LogP contribution in [-0.2, 0) is 13.1 Å². The lowest BCUT2D eigenvalue weighted by atomic mass is 10.1. The van der Waals surface area contributed by atoms with E-state index in [1.807, 2.05) is 97.3 Å². The van der Waals surface area contributed by atoms with Crippen LogP contribution in [0.2, 0.25) is 0 Å². The molecular weight excluding hydrogens is 506 g/mol. The van der Waals surface area contributed by atoms with Gasteiger partial charge in [0.1, 0.15) is 5.69 Å². The molecule has 5 aromatic heterocycles. The van der Waals surface area contributed by atoms with Crippen molar-refractivity contribution in [2.45, 2.75) is 13.1 Å². The third kappa shape index (κ3) is 6.72. The predicted molar refractivity (Wildman–Crippen MR) is 162 cm³/mol. The Morgan fingerprint density at radius 3 is 1.66 bits per heavy atom. The Morgan fingerprint density at radius 2 is 1.10 bits per heavy atom. The zero-order valence-corrected chi connectivity index (χ0v) is 22.3. The van der Waals surface area contributed by atoms with Gasteiger partial charge in [0.05, 0.1) is 41.6 Å². The Morgan fingerprint density at radius 1 is 0.512 bits per heavy atom. The van der Waals surface area contributed by atoms with Crippen LogP contribution < -0.4 is 4.90 Å². The Balaban J connectivity index is 1.27. The highest BCUT2D eigenvalue weighted by Crippen LogP contribution is 2.23. The first-order chi connectivity index (χ1) is 20.3. The minimum absolute atomic E-state index is 0.559. The molecule has 0 aliphatic rings. The number of benzene rings is 1. The van der Waals surface area contributed by atoms with Gasteiger partial charge < -0.3 is 4.90 Å². The van der Waals surface area contributed by atoms with Gasteiger partial charge in [-0.2, -0.15) is 0 Å². The minimum Gasteiger partial charge on any atom is -0.360 e. The van der Waals surface area contributed by atoms with Crippen molar-refractivity contribution in [2.75, 3.05) is 4.90 Å². The normalized spacial score (nSPS) is 11.0. The molecular formula is C34H27N7. The molecule has 0 saturated heterocycles. The summed E-state index contributed by atoms with van der Waals surface area (Å²) >= 11 is 0. The van der Waals surface area contributed by atoms with Gasteiger partial charge in [-0.05, 0) is 78.4 Å². The van der Waals surface area contributed by atoms with Gasteiger partial charge in [-0.3, -0.25) is 19.9 Å². The van der Waals surface area contributed by atoms with Gasteiger partial charge in [-0.15, -0.1) is 0 Å². The summed E-state index contributed by atoms with van der Waals surface area (Å²) in [5.74, 6) is 0.559. The van der Waals surface area contributed by atoms with Crippen molar-refractivity contribution in [1.29, 1.82) is 0 Å². The standard InChI is InChI=1S/C34H27N7/c1-5-19-35-28(9-1)24-41(25-29-10-2-6-20-36-29)30-17-14-26(15-18-30)13-16-27-23-33(31-11-3-7-21-37-31)40-34(39-27)32-12-4-8-22-38-32/h1-23H,24-25H2/b16-13+. The predicted octanol–water partition coefficient (Wildman–Crippen LogP) is 6.77. The molecule has 0 radical (unpaired) electrons. The Kier molecular flexibility index (Phi) is 7.86. The number of aromatic nitrogens is 6. The zero-order valence-electron chi connectivity index (χ0n) is 22.3. The van der Waals surface area contributed by atoms with Gasteiger partial charge in [0.15, 0.2) is 5.82 Å². The first-order valence-corrected chi connectivity index (χ1v) is 13.3. The molecule has 0 bridgehead atoms. The quantitative estimate of drug-likeness (QED) is 0.203. The first kappa shape index (κ1) is 25.7. The highest BCUT2D eigenvalue weighted by molar-refractivity contribution is 5.72. The highest BCUT2D eigenvalue weighted by Gasteiger charge is 2.11. The summed E-state index contributed by atoms with van der Waals surface area (Å²) < 4.78 is 0. The van der Waals surface area contributed by atoms with Crippen molar-refractivity contribution in [3.63, 3.8) is 0 Å². The van der Waals surface area contributed by atoms with Crippen LogP contribution in [0.3, 0.4) is 0 Å². The number of rotatable bonds is 9. The molecule has 0 unspecified atom stereocenters. The van der Waals surface area contributed by atoms with E-state index in [0.717, 1.165) is 39.7 Å². The number of hydrogen-bond donors (Lipinski definition) is 0. The summed E-state index contributed by atoms with van der Waals surface area (Å²) in [4.78, 5) is 29.8. The molecule has 0 fully saturated rings. The maximum atomic E-state index is 4.77. The van der Waals surface area contributed by atoms with E-state index in [1.54, 1.807) is 12.4 Å². The molecule has 0 aliphatic heterocycles. The number of pyridine rings is 4. The van der Waals surface area contributed by atoms with E-state index in [1.165, 1.54) is 0 Å². The number of nitrogens with zero attached hydrogens (tertiary/aromatic N) is 7. The van der Waals surface area contributed by atoms with Crippen molar-refractivity contribution in [3.8, 4) is 22.9 Å². The van der Waals surface area contributed by atoms with Crippen LogP contribution in [0.15, 0.2) is 128 Å². The molecule has 5 heterocycles. The largest absolute Gasteiger partial charge is 0.360 e. The van der Waals surface area contributed by atoms with Gasteiger partial charge in [-0.1, -0.05) is 42.5 Å². The van der Waals surface area contributed by atoms with Crippen molar-refractivity contribution in [1.82, 2.24) is 29.9 Å². The van der Waals surface area contributed by atoms with E-state index in [2.05, 4.69) is 55.2 Å². The van der Waals surface area contributed by atoms with Gasteiger partial charge >= 0.3 is 0 Å². The highest BCUT2D eigenvalue weighted by atomic mass is 15.1. The van der Waals surface area contributed by atoms with Crippen molar-refractivity contribution in [2.24, 2.45) is 0 Å². The van der Waals surface area contributed by atoms with Crippen LogP contribution in [0, 0.1) is 0 Å². The topological polar surface area (TPSA) is 80.6 Å². The van der Waals surface area contributed by atoms with E-state index in [9.17, 15) is 0 Å². The molecule has 0 N–H and O–H groups in total. The van der Waals surface area contributed by atoms with Crippen molar-refractivity contribution in [3.05, 3.63) is 151 Å². The molecule has 6 aromatic rings. The van der Waals surface area contributed by atoms with Gasteiger partial charge in [0.2, 0.25) is 0 Å². The SMILES string of the molecule is C(=C\c1cc(-c2ccccn2)nc(-c2ccccn2)n1)/c1ccc(N(Cc2ccccn2)Cc2ccccn2)cc1. The lowest BCUT2D eigenvalue weighted by molar-refractivity contribution is 0.765. The molecule has 0 spiro atoms. The fraction of sp³-hybridized carbons (Fsp3) is 0.0588. The molecule has 41 heavy (non-hydrogen) atoms. The summed E-state index contributed by atoms with van der Waals surface area (Å²) in [7, 11) is 0. The van der Waals surface area contributed by atoms with Gasteiger partial charge in [-0.25, -0.2) is 9.97 Å². The summed E-state index contributed by atoms with van der Waals surface area (Å²) in [6.45, 7) is 1.36. The molecule has 0 saturated carbocycles. The Labute approximate surface area is 239 Å². The molecule has 7 heteroatoms. The first-order valence-electron chi connectivity index (χ1n) is 13.3. The molecule has 0 amide bonds. The van der Waals surface area contributed by atoms with Crippen LogP contribution in [0.5, 0.6) is 0 Å². The van der Waals surface area contributed by atoms with E-state index in [0.29, 0.717) is 24.6 Å². The van der Waals surface area contributed by atoms with Crippen LogP contribution >= 0.6 is 0 Å². The van der Waals surface area contributed by atoms with Gasteiger partial charge in [0.25, 0.3) is 0 Å².